The normalized spacial score (nSPS) is 17.5. The number of sulfonamides is 1. The number of rotatable bonds is 6. The number of ether oxygens (including phenoxy) is 1. The highest BCUT2D eigenvalue weighted by Gasteiger charge is 2.25. The molecular weight excluding hydrogens is 380 g/mol. The summed E-state index contributed by atoms with van der Waals surface area (Å²) in [6.45, 7) is 5.24. The lowest BCUT2D eigenvalue weighted by Gasteiger charge is -2.34. The molecule has 1 N–H and O–H groups in total. The zero-order chi connectivity index (χ0) is 17.9. The van der Waals surface area contributed by atoms with Gasteiger partial charge in [-0.05, 0) is 24.6 Å². The maximum atomic E-state index is 12.5. The Morgan fingerprint density at radius 3 is 2.48 bits per heavy atom. The van der Waals surface area contributed by atoms with Gasteiger partial charge < -0.3 is 4.74 Å². The van der Waals surface area contributed by atoms with Gasteiger partial charge >= 0.3 is 0 Å². The van der Waals surface area contributed by atoms with E-state index in [0.717, 1.165) is 30.0 Å². The lowest BCUT2D eigenvalue weighted by atomic mass is 10.0. The highest BCUT2D eigenvalue weighted by atomic mass is 35.5. The highest BCUT2D eigenvalue weighted by molar-refractivity contribution is 7.91. The number of morpholine rings is 1. The molecule has 1 fully saturated rings. The van der Waals surface area contributed by atoms with E-state index in [1.165, 1.54) is 11.6 Å². The Hall–Kier alpha value is -0.960. The number of nitrogens with one attached hydrogen (secondary N) is 1. The second-order valence-corrected chi connectivity index (χ2v) is 9.69. The lowest BCUT2D eigenvalue weighted by Crippen LogP contribution is -2.43. The maximum absolute atomic E-state index is 12.5. The fourth-order valence-corrected chi connectivity index (χ4v) is 5.40. The molecule has 1 aliphatic heterocycles. The van der Waals surface area contributed by atoms with Gasteiger partial charge in [0, 0.05) is 25.7 Å². The van der Waals surface area contributed by atoms with Crippen LogP contribution in [0, 0.1) is 6.92 Å². The van der Waals surface area contributed by atoms with Crippen LogP contribution in [-0.4, -0.2) is 46.2 Å². The van der Waals surface area contributed by atoms with Crippen molar-refractivity contribution < 1.29 is 13.2 Å². The van der Waals surface area contributed by atoms with E-state index in [0.29, 0.717) is 24.1 Å². The standard InChI is InChI=1S/C17H21ClN2O3S2/c1-13-2-4-14(5-3-13)15(20-8-10-23-11-9-20)12-19-25(21,22)17-7-6-16(18)24-17/h2-7,15,19H,8-12H2,1H3/t15-/m1/s1. The zero-order valence-corrected chi connectivity index (χ0v) is 16.3. The molecule has 0 amide bonds. The topological polar surface area (TPSA) is 58.6 Å². The van der Waals surface area contributed by atoms with E-state index in [1.54, 1.807) is 6.07 Å². The Labute approximate surface area is 157 Å². The van der Waals surface area contributed by atoms with Crippen molar-refractivity contribution in [3.63, 3.8) is 0 Å². The Balaban J connectivity index is 1.78. The van der Waals surface area contributed by atoms with Crippen molar-refractivity contribution in [1.29, 1.82) is 0 Å². The number of nitrogens with zero attached hydrogens (tertiary/aromatic N) is 1. The third kappa shape index (κ3) is 4.81. The SMILES string of the molecule is Cc1ccc([C@@H](CNS(=O)(=O)c2ccc(Cl)s2)N2CCOCC2)cc1. The van der Waals surface area contributed by atoms with Crippen LogP contribution in [-0.2, 0) is 14.8 Å². The minimum absolute atomic E-state index is 0.0327. The molecule has 2 heterocycles. The molecule has 2 aromatic rings. The number of thiophene rings is 1. The first-order valence-corrected chi connectivity index (χ1v) is 10.8. The summed E-state index contributed by atoms with van der Waals surface area (Å²) in [4.78, 5) is 2.26. The molecule has 0 bridgehead atoms. The van der Waals surface area contributed by atoms with Crippen LogP contribution in [0.3, 0.4) is 0 Å². The summed E-state index contributed by atoms with van der Waals surface area (Å²) in [5.41, 5.74) is 2.28. The van der Waals surface area contributed by atoms with E-state index in [4.69, 9.17) is 16.3 Å². The van der Waals surface area contributed by atoms with Gasteiger partial charge in [-0.2, -0.15) is 0 Å². The first kappa shape index (κ1) is 18.8. The molecule has 3 rings (SSSR count). The Morgan fingerprint density at radius 1 is 1.20 bits per heavy atom. The highest BCUT2D eigenvalue weighted by Crippen LogP contribution is 2.27. The molecule has 0 radical (unpaired) electrons. The quantitative estimate of drug-likeness (QED) is 0.809. The smallest absolute Gasteiger partial charge is 0.250 e. The molecule has 0 saturated carbocycles. The average molecular weight is 401 g/mol. The minimum Gasteiger partial charge on any atom is -0.379 e. The summed E-state index contributed by atoms with van der Waals surface area (Å²) in [6.07, 6.45) is 0. The molecule has 1 saturated heterocycles. The number of aryl methyl sites for hydroxylation is 1. The van der Waals surface area contributed by atoms with Crippen molar-refractivity contribution in [3.05, 3.63) is 51.9 Å². The molecule has 136 valence electrons. The van der Waals surface area contributed by atoms with Crippen molar-refractivity contribution in [2.75, 3.05) is 32.8 Å². The van der Waals surface area contributed by atoms with Crippen molar-refractivity contribution >= 4 is 33.0 Å². The zero-order valence-electron chi connectivity index (χ0n) is 13.9. The molecule has 8 heteroatoms. The predicted octanol–water partition coefficient (Wildman–Crippen LogP) is 3.06. The van der Waals surface area contributed by atoms with Gasteiger partial charge in [0.2, 0.25) is 10.0 Å². The van der Waals surface area contributed by atoms with Crippen LogP contribution in [0.1, 0.15) is 17.2 Å². The summed E-state index contributed by atoms with van der Waals surface area (Å²) < 4.78 is 33.9. The Morgan fingerprint density at radius 2 is 1.88 bits per heavy atom. The number of hydrogen-bond acceptors (Lipinski definition) is 5. The monoisotopic (exact) mass is 400 g/mol. The lowest BCUT2D eigenvalue weighted by molar-refractivity contribution is 0.0172. The van der Waals surface area contributed by atoms with Gasteiger partial charge in [-0.25, -0.2) is 13.1 Å². The minimum atomic E-state index is -3.56. The fraction of sp³-hybridized carbons (Fsp3) is 0.412. The molecule has 1 aliphatic rings. The summed E-state index contributed by atoms with van der Waals surface area (Å²) in [7, 11) is -3.56. The van der Waals surface area contributed by atoms with E-state index in [2.05, 4.69) is 33.9 Å². The van der Waals surface area contributed by atoms with Crippen LogP contribution < -0.4 is 4.72 Å². The molecule has 5 nitrogen and oxygen atoms in total. The summed E-state index contributed by atoms with van der Waals surface area (Å²) >= 11 is 6.93. The second kappa shape index (κ2) is 8.16. The molecular formula is C17H21ClN2O3S2. The fourth-order valence-electron chi connectivity index (χ4n) is 2.84. The van der Waals surface area contributed by atoms with Crippen LogP contribution in [0.15, 0.2) is 40.6 Å². The van der Waals surface area contributed by atoms with Gasteiger partial charge in [0.1, 0.15) is 4.21 Å². The van der Waals surface area contributed by atoms with Gasteiger partial charge in [0.15, 0.2) is 0 Å². The molecule has 0 spiro atoms. The third-order valence-electron chi connectivity index (χ3n) is 4.23. The van der Waals surface area contributed by atoms with Crippen LogP contribution in [0.4, 0.5) is 0 Å². The third-order valence-corrected chi connectivity index (χ3v) is 7.38. The van der Waals surface area contributed by atoms with Gasteiger partial charge in [-0.1, -0.05) is 41.4 Å². The molecule has 1 aromatic carbocycles. The first-order chi connectivity index (χ1) is 12.0. The van der Waals surface area contributed by atoms with Gasteiger partial charge in [0.05, 0.1) is 17.6 Å². The van der Waals surface area contributed by atoms with Crippen LogP contribution in [0.5, 0.6) is 0 Å². The van der Waals surface area contributed by atoms with E-state index in [9.17, 15) is 8.42 Å². The van der Waals surface area contributed by atoms with E-state index in [1.807, 2.05) is 6.92 Å². The largest absolute Gasteiger partial charge is 0.379 e. The van der Waals surface area contributed by atoms with Crippen molar-refractivity contribution in [1.82, 2.24) is 9.62 Å². The van der Waals surface area contributed by atoms with E-state index >= 15 is 0 Å². The number of hydrogen-bond donors (Lipinski definition) is 1. The Bertz CT molecular complexity index is 800. The van der Waals surface area contributed by atoms with Crippen LogP contribution in [0.2, 0.25) is 4.34 Å². The van der Waals surface area contributed by atoms with E-state index < -0.39 is 10.0 Å². The molecule has 0 aliphatic carbocycles. The average Bonchev–Trinajstić information content (AvgIpc) is 3.05. The molecule has 25 heavy (non-hydrogen) atoms. The number of benzene rings is 1. The number of halogens is 1. The van der Waals surface area contributed by atoms with Gasteiger partial charge in [-0.3, -0.25) is 4.90 Å². The second-order valence-electron chi connectivity index (χ2n) is 5.99. The van der Waals surface area contributed by atoms with E-state index in [-0.39, 0.29) is 10.3 Å². The molecule has 0 unspecified atom stereocenters. The van der Waals surface area contributed by atoms with Gasteiger partial charge in [-0.15, -0.1) is 11.3 Å². The maximum Gasteiger partial charge on any atom is 0.250 e. The summed E-state index contributed by atoms with van der Waals surface area (Å²) in [6, 6.07) is 11.3. The van der Waals surface area contributed by atoms with Gasteiger partial charge in [0.25, 0.3) is 0 Å². The summed E-state index contributed by atoms with van der Waals surface area (Å²) in [5, 5.41) is 0. The summed E-state index contributed by atoms with van der Waals surface area (Å²) in [5.74, 6) is 0. The van der Waals surface area contributed by atoms with Crippen molar-refractivity contribution in [2.24, 2.45) is 0 Å². The van der Waals surface area contributed by atoms with Crippen LogP contribution >= 0.6 is 22.9 Å². The predicted molar refractivity (Wildman–Crippen MR) is 101 cm³/mol. The van der Waals surface area contributed by atoms with Crippen LogP contribution in [0.25, 0.3) is 0 Å². The van der Waals surface area contributed by atoms with Crippen molar-refractivity contribution in [3.8, 4) is 0 Å². The Kier molecular flexibility index (Phi) is 6.14. The molecule has 1 aromatic heterocycles. The first-order valence-electron chi connectivity index (χ1n) is 8.09. The molecule has 1 atom stereocenters. The van der Waals surface area contributed by atoms with Crippen molar-refractivity contribution in [2.45, 2.75) is 17.2 Å².